The predicted octanol–water partition coefficient (Wildman–Crippen LogP) is 1.60. The van der Waals surface area contributed by atoms with Crippen LogP contribution in [0, 0.1) is 0 Å². The van der Waals surface area contributed by atoms with E-state index in [0.717, 1.165) is 9.86 Å². The molecular weight excluding hydrogens is 324 g/mol. The lowest BCUT2D eigenvalue weighted by Gasteiger charge is -2.25. The molecule has 2 N–H and O–H groups in total. The zero-order valence-corrected chi connectivity index (χ0v) is 12.6. The number of nitrogens with one attached hydrogen (secondary N) is 1. The lowest BCUT2D eigenvalue weighted by molar-refractivity contribution is 0.0555. The van der Waals surface area contributed by atoms with Crippen molar-refractivity contribution in [2.24, 2.45) is 0 Å². The second-order valence-electron chi connectivity index (χ2n) is 4.98. The van der Waals surface area contributed by atoms with E-state index in [1.54, 1.807) is 13.1 Å². The Morgan fingerprint density at radius 3 is 2.95 bits per heavy atom. The molecule has 2 atom stereocenters. The zero-order chi connectivity index (χ0) is 14.3. The molecule has 20 heavy (non-hydrogen) atoms. The van der Waals surface area contributed by atoms with E-state index in [9.17, 15) is 9.90 Å². The summed E-state index contributed by atoms with van der Waals surface area (Å²) in [5.74, 6) is 0.0642. The van der Waals surface area contributed by atoms with Gasteiger partial charge in [0.25, 0.3) is 5.91 Å². The molecule has 0 spiro atoms. The van der Waals surface area contributed by atoms with Crippen LogP contribution in [0.5, 0.6) is 0 Å². The summed E-state index contributed by atoms with van der Waals surface area (Å²) in [6.45, 7) is 1.10. The molecule has 2 heterocycles. The van der Waals surface area contributed by atoms with E-state index in [2.05, 4.69) is 21.2 Å². The highest BCUT2D eigenvalue weighted by molar-refractivity contribution is 9.10. The van der Waals surface area contributed by atoms with E-state index < -0.39 is 6.10 Å². The van der Waals surface area contributed by atoms with E-state index in [1.807, 2.05) is 18.2 Å². The highest BCUT2D eigenvalue weighted by atomic mass is 79.9. The maximum atomic E-state index is 12.4. The summed E-state index contributed by atoms with van der Waals surface area (Å²) in [6, 6.07) is 7.16. The fourth-order valence-corrected chi connectivity index (χ4v) is 2.97. The molecule has 106 valence electrons. The normalized spacial score (nSPS) is 22.4. The molecule has 1 aromatic carbocycles. The minimum atomic E-state index is -0.542. The van der Waals surface area contributed by atoms with Crippen LogP contribution in [0.1, 0.15) is 10.6 Å². The van der Waals surface area contributed by atoms with Gasteiger partial charge in [-0.25, -0.2) is 0 Å². The SMILES string of the molecule is CN(C(=O)c1cc2cccc(Br)c2o1)[C@H]1CNC[C@@H]1O. The average Bonchev–Trinajstić information content (AvgIpc) is 3.04. The van der Waals surface area contributed by atoms with Crippen LogP contribution in [0.4, 0.5) is 0 Å². The van der Waals surface area contributed by atoms with Gasteiger partial charge in [0, 0.05) is 25.5 Å². The number of hydrogen-bond donors (Lipinski definition) is 2. The van der Waals surface area contributed by atoms with Crippen LogP contribution in [-0.2, 0) is 0 Å². The van der Waals surface area contributed by atoms with Crippen molar-refractivity contribution >= 4 is 32.8 Å². The molecule has 0 saturated carbocycles. The van der Waals surface area contributed by atoms with Gasteiger partial charge in [0.2, 0.25) is 0 Å². The van der Waals surface area contributed by atoms with Crippen LogP contribution >= 0.6 is 15.9 Å². The fourth-order valence-electron chi connectivity index (χ4n) is 2.50. The number of rotatable bonds is 2. The average molecular weight is 339 g/mol. The third-order valence-electron chi connectivity index (χ3n) is 3.68. The number of likely N-dealkylation sites (N-methyl/N-ethyl adjacent to an activating group) is 1. The molecule has 1 saturated heterocycles. The summed E-state index contributed by atoms with van der Waals surface area (Å²) in [6.07, 6.45) is -0.542. The zero-order valence-electron chi connectivity index (χ0n) is 11.0. The first-order valence-corrected chi connectivity index (χ1v) is 7.21. The number of amides is 1. The largest absolute Gasteiger partial charge is 0.450 e. The number of furan rings is 1. The Morgan fingerprint density at radius 2 is 2.30 bits per heavy atom. The summed E-state index contributed by atoms with van der Waals surface area (Å²) in [5, 5.41) is 13.8. The Hall–Kier alpha value is -1.37. The molecule has 1 aliphatic rings. The minimum Gasteiger partial charge on any atom is -0.450 e. The van der Waals surface area contributed by atoms with E-state index in [0.29, 0.717) is 18.7 Å². The first-order chi connectivity index (χ1) is 9.58. The highest BCUT2D eigenvalue weighted by Crippen LogP contribution is 2.27. The van der Waals surface area contributed by atoms with Crippen molar-refractivity contribution in [2.75, 3.05) is 20.1 Å². The Balaban J connectivity index is 1.90. The Bertz CT molecular complexity index is 655. The van der Waals surface area contributed by atoms with Gasteiger partial charge >= 0.3 is 0 Å². The topological polar surface area (TPSA) is 65.7 Å². The number of carbonyl (C=O) groups is 1. The Kier molecular flexibility index (Phi) is 3.54. The maximum absolute atomic E-state index is 12.4. The number of hydrogen-bond acceptors (Lipinski definition) is 4. The van der Waals surface area contributed by atoms with E-state index >= 15 is 0 Å². The van der Waals surface area contributed by atoms with Crippen molar-refractivity contribution in [3.63, 3.8) is 0 Å². The fraction of sp³-hybridized carbons (Fsp3) is 0.357. The molecule has 1 aliphatic heterocycles. The van der Waals surface area contributed by atoms with Gasteiger partial charge in [-0.15, -0.1) is 0 Å². The van der Waals surface area contributed by atoms with Gasteiger partial charge in [-0.3, -0.25) is 4.79 Å². The number of benzene rings is 1. The van der Waals surface area contributed by atoms with Crippen molar-refractivity contribution in [3.8, 4) is 0 Å². The summed E-state index contributed by atoms with van der Waals surface area (Å²) < 4.78 is 6.46. The second-order valence-corrected chi connectivity index (χ2v) is 5.83. The lowest BCUT2D eigenvalue weighted by atomic mass is 10.2. The first-order valence-electron chi connectivity index (χ1n) is 6.42. The van der Waals surface area contributed by atoms with Gasteiger partial charge < -0.3 is 19.7 Å². The number of aliphatic hydroxyl groups excluding tert-OH is 1. The molecular formula is C14H15BrN2O3. The predicted molar refractivity (Wildman–Crippen MR) is 78.7 cm³/mol. The maximum Gasteiger partial charge on any atom is 0.289 e. The van der Waals surface area contributed by atoms with Crippen LogP contribution in [0.15, 0.2) is 33.2 Å². The molecule has 3 rings (SSSR count). The molecule has 6 heteroatoms. The summed E-state index contributed by atoms with van der Waals surface area (Å²) in [4.78, 5) is 14.0. The van der Waals surface area contributed by atoms with Crippen molar-refractivity contribution in [2.45, 2.75) is 12.1 Å². The minimum absolute atomic E-state index is 0.221. The molecule has 2 aromatic rings. The molecule has 0 radical (unpaired) electrons. The smallest absolute Gasteiger partial charge is 0.289 e. The van der Waals surface area contributed by atoms with Gasteiger partial charge in [-0.2, -0.15) is 0 Å². The van der Waals surface area contributed by atoms with Crippen molar-refractivity contribution in [3.05, 3.63) is 34.5 Å². The molecule has 1 fully saturated rings. The number of aliphatic hydroxyl groups is 1. The van der Waals surface area contributed by atoms with Gasteiger partial charge in [-0.05, 0) is 28.1 Å². The third-order valence-corrected chi connectivity index (χ3v) is 4.30. The monoisotopic (exact) mass is 338 g/mol. The number of halogens is 1. The van der Waals surface area contributed by atoms with Crippen LogP contribution in [0.2, 0.25) is 0 Å². The number of para-hydroxylation sites is 1. The van der Waals surface area contributed by atoms with Crippen LogP contribution in [-0.4, -0.2) is 48.2 Å². The Morgan fingerprint density at radius 1 is 1.50 bits per heavy atom. The van der Waals surface area contributed by atoms with E-state index in [-0.39, 0.29) is 17.7 Å². The third kappa shape index (κ3) is 2.24. The number of carbonyl (C=O) groups excluding carboxylic acids is 1. The Labute approximate surface area is 124 Å². The van der Waals surface area contributed by atoms with Crippen molar-refractivity contribution in [1.82, 2.24) is 10.2 Å². The molecule has 0 unspecified atom stereocenters. The van der Waals surface area contributed by atoms with Gasteiger partial charge in [0.05, 0.1) is 16.6 Å². The van der Waals surface area contributed by atoms with Crippen molar-refractivity contribution < 1.29 is 14.3 Å². The van der Waals surface area contributed by atoms with Gasteiger partial charge in [0.15, 0.2) is 5.76 Å². The van der Waals surface area contributed by atoms with Gasteiger partial charge in [0.1, 0.15) is 5.58 Å². The molecule has 1 aromatic heterocycles. The molecule has 5 nitrogen and oxygen atoms in total. The van der Waals surface area contributed by atoms with Crippen molar-refractivity contribution in [1.29, 1.82) is 0 Å². The van der Waals surface area contributed by atoms with E-state index in [4.69, 9.17) is 4.42 Å². The van der Waals surface area contributed by atoms with Crippen LogP contribution in [0.3, 0.4) is 0 Å². The number of fused-ring (bicyclic) bond motifs is 1. The summed E-state index contributed by atoms with van der Waals surface area (Å²) >= 11 is 3.40. The van der Waals surface area contributed by atoms with Crippen LogP contribution in [0.25, 0.3) is 11.0 Å². The number of β-amino-alcohol motifs (C(OH)–C–C–N with tert-alkyl or cyclic N) is 1. The first kappa shape index (κ1) is 13.6. The summed E-state index contributed by atoms with van der Waals surface area (Å²) in [7, 11) is 1.69. The lowest BCUT2D eigenvalue weighted by Crippen LogP contribution is -2.44. The molecule has 1 amide bonds. The quantitative estimate of drug-likeness (QED) is 0.872. The standard InChI is InChI=1S/C14H15BrN2O3/c1-17(10-6-16-7-11(10)18)14(19)12-5-8-3-2-4-9(15)13(8)20-12/h2-5,10-11,16,18H,6-7H2,1H3/t10-,11-/m0/s1. The van der Waals surface area contributed by atoms with E-state index in [1.165, 1.54) is 4.90 Å². The molecule has 0 bridgehead atoms. The molecule has 0 aliphatic carbocycles. The second kappa shape index (κ2) is 5.20. The summed E-state index contributed by atoms with van der Waals surface area (Å²) in [5.41, 5.74) is 0.661. The highest BCUT2D eigenvalue weighted by Gasteiger charge is 2.32. The van der Waals surface area contributed by atoms with Gasteiger partial charge in [-0.1, -0.05) is 12.1 Å². The number of nitrogens with zero attached hydrogens (tertiary/aromatic N) is 1. The van der Waals surface area contributed by atoms with Crippen LogP contribution < -0.4 is 5.32 Å².